The minimum atomic E-state index is -0.0529. The van der Waals surface area contributed by atoms with Crippen LogP contribution in [-0.2, 0) is 6.54 Å². The molecule has 1 heterocycles. The summed E-state index contributed by atoms with van der Waals surface area (Å²) >= 11 is 0. The molecule has 0 saturated heterocycles. The van der Waals surface area contributed by atoms with Crippen LogP contribution in [0.4, 0.5) is 0 Å². The van der Waals surface area contributed by atoms with E-state index in [4.69, 9.17) is 0 Å². The van der Waals surface area contributed by atoms with Crippen LogP contribution in [-0.4, -0.2) is 35.8 Å². The van der Waals surface area contributed by atoms with E-state index < -0.39 is 0 Å². The third-order valence-electron chi connectivity index (χ3n) is 3.41. The molecule has 5 nitrogen and oxygen atoms in total. The minimum Gasteiger partial charge on any atom is -0.352 e. The van der Waals surface area contributed by atoms with Gasteiger partial charge in [-0.1, -0.05) is 30.3 Å². The van der Waals surface area contributed by atoms with Crippen molar-refractivity contribution in [2.24, 2.45) is 0 Å². The zero-order valence-corrected chi connectivity index (χ0v) is 12.6. The summed E-state index contributed by atoms with van der Waals surface area (Å²) in [6.45, 7) is 4.17. The van der Waals surface area contributed by atoms with Gasteiger partial charge in [0.1, 0.15) is 0 Å². The molecule has 21 heavy (non-hydrogen) atoms. The lowest BCUT2D eigenvalue weighted by Crippen LogP contribution is -2.27. The Hall–Kier alpha value is -2.14. The van der Waals surface area contributed by atoms with Crippen molar-refractivity contribution in [3.8, 4) is 0 Å². The van der Waals surface area contributed by atoms with Crippen molar-refractivity contribution in [1.29, 1.82) is 0 Å². The van der Waals surface area contributed by atoms with Gasteiger partial charge in [-0.15, -0.1) is 0 Å². The van der Waals surface area contributed by atoms with Crippen molar-refractivity contribution in [3.63, 3.8) is 0 Å². The standard InChI is InChI=1S/C16H22N4O/c1-13-15(16(21)18-10-6-9-17-2)11-19-20(13)12-14-7-4-3-5-8-14/h3-5,7-8,11,17H,6,9-10,12H2,1-2H3,(H,18,21). The molecule has 0 unspecified atom stereocenters. The Bertz CT molecular complexity index is 577. The first-order valence-electron chi connectivity index (χ1n) is 7.21. The number of amides is 1. The van der Waals surface area contributed by atoms with Gasteiger partial charge in [-0.05, 0) is 32.5 Å². The van der Waals surface area contributed by atoms with Crippen LogP contribution in [0, 0.1) is 6.92 Å². The molecule has 2 N–H and O–H groups in total. The molecular formula is C16H22N4O. The third kappa shape index (κ3) is 4.16. The first-order chi connectivity index (χ1) is 10.2. The summed E-state index contributed by atoms with van der Waals surface area (Å²) < 4.78 is 1.86. The number of carbonyl (C=O) groups excluding carboxylic acids is 1. The monoisotopic (exact) mass is 286 g/mol. The van der Waals surface area contributed by atoms with Crippen LogP contribution in [0.1, 0.15) is 28.0 Å². The average molecular weight is 286 g/mol. The number of rotatable bonds is 7. The first kappa shape index (κ1) is 15.3. The van der Waals surface area contributed by atoms with E-state index in [-0.39, 0.29) is 5.91 Å². The second-order valence-corrected chi connectivity index (χ2v) is 5.00. The van der Waals surface area contributed by atoms with Crippen LogP contribution < -0.4 is 10.6 Å². The van der Waals surface area contributed by atoms with E-state index in [9.17, 15) is 4.79 Å². The van der Waals surface area contributed by atoms with E-state index >= 15 is 0 Å². The molecule has 0 aliphatic carbocycles. The highest BCUT2D eigenvalue weighted by atomic mass is 16.1. The lowest BCUT2D eigenvalue weighted by molar-refractivity contribution is 0.0952. The fourth-order valence-electron chi connectivity index (χ4n) is 2.15. The lowest BCUT2D eigenvalue weighted by Gasteiger charge is -2.07. The van der Waals surface area contributed by atoms with Gasteiger partial charge in [0, 0.05) is 12.2 Å². The molecule has 0 spiro atoms. The van der Waals surface area contributed by atoms with Gasteiger partial charge < -0.3 is 10.6 Å². The summed E-state index contributed by atoms with van der Waals surface area (Å²) in [5.41, 5.74) is 2.71. The van der Waals surface area contributed by atoms with Crippen LogP contribution in [0.15, 0.2) is 36.5 Å². The molecule has 2 rings (SSSR count). The summed E-state index contributed by atoms with van der Waals surface area (Å²) in [6.07, 6.45) is 2.56. The predicted octanol–water partition coefficient (Wildman–Crippen LogP) is 1.58. The Morgan fingerprint density at radius 3 is 2.71 bits per heavy atom. The molecule has 0 radical (unpaired) electrons. The van der Waals surface area contributed by atoms with Crippen LogP contribution in [0.2, 0.25) is 0 Å². The number of nitrogens with zero attached hydrogens (tertiary/aromatic N) is 2. The van der Waals surface area contributed by atoms with Crippen molar-refractivity contribution in [2.45, 2.75) is 19.9 Å². The molecule has 1 aromatic carbocycles. The van der Waals surface area contributed by atoms with Gasteiger partial charge in [0.2, 0.25) is 0 Å². The van der Waals surface area contributed by atoms with Crippen LogP contribution in [0.3, 0.4) is 0 Å². The molecular weight excluding hydrogens is 264 g/mol. The number of nitrogens with one attached hydrogen (secondary N) is 2. The molecule has 0 aliphatic heterocycles. The SMILES string of the molecule is CNCCCNC(=O)c1cnn(Cc2ccccc2)c1C. The van der Waals surface area contributed by atoms with Gasteiger partial charge >= 0.3 is 0 Å². The summed E-state index contributed by atoms with van der Waals surface area (Å²) in [5, 5.41) is 10.3. The normalized spacial score (nSPS) is 10.6. The van der Waals surface area contributed by atoms with Crippen LogP contribution in [0.25, 0.3) is 0 Å². The second-order valence-electron chi connectivity index (χ2n) is 5.00. The van der Waals surface area contributed by atoms with Crippen molar-refractivity contribution in [2.75, 3.05) is 20.1 Å². The van der Waals surface area contributed by atoms with Gasteiger partial charge in [-0.2, -0.15) is 5.10 Å². The molecule has 112 valence electrons. The Labute approximate surface area is 125 Å². The predicted molar refractivity (Wildman–Crippen MR) is 83.4 cm³/mol. The number of benzene rings is 1. The maximum Gasteiger partial charge on any atom is 0.254 e. The van der Waals surface area contributed by atoms with E-state index in [0.29, 0.717) is 18.7 Å². The average Bonchev–Trinajstić information content (AvgIpc) is 2.86. The van der Waals surface area contributed by atoms with E-state index in [2.05, 4.69) is 27.9 Å². The number of hydrogen-bond acceptors (Lipinski definition) is 3. The highest BCUT2D eigenvalue weighted by Gasteiger charge is 2.13. The molecule has 0 atom stereocenters. The number of hydrogen-bond donors (Lipinski definition) is 2. The van der Waals surface area contributed by atoms with Gasteiger partial charge in [0.25, 0.3) is 5.91 Å². The van der Waals surface area contributed by atoms with E-state index in [1.165, 1.54) is 5.56 Å². The van der Waals surface area contributed by atoms with E-state index in [1.54, 1.807) is 6.20 Å². The second kappa shape index (κ2) is 7.59. The third-order valence-corrected chi connectivity index (χ3v) is 3.41. The van der Waals surface area contributed by atoms with Gasteiger partial charge in [0.05, 0.1) is 18.3 Å². The molecule has 0 fully saturated rings. The number of aromatic nitrogens is 2. The molecule has 1 amide bonds. The maximum atomic E-state index is 12.1. The van der Waals surface area contributed by atoms with Gasteiger partial charge in [-0.25, -0.2) is 0 Å². The molecule has 0 saturated carbocycles. The molecule has 1 aromatic heterocycles. The first-order valence-corrected chi connectivity index (χ1v) is 7.21. The van der Waals surface area contributed by atoms with Gasteiger partial charge in [-0.3, -0.25) is 9.48 Å². The molecule has 2 aromatic rings. The summed E-state index contributed by atoms with van der Waals surface area (Å²) in [6, 6.07) is 10.1. The summed E-state index contributed by atoms with van der Waals surface area (Å²) in [4.78, 5) is 12.1. The Morgan fingerprint density at radius 2 is 2.00 bits per heavy atom. The largest absolute Gasteiger partial charge is 0.352 e. The zero-order valence-electron chi connectivity index (χ0n) is 12.6. The smallest absolute Gasteiger partial charge is 0.254 e. The van der Waals surface area contributed by atoms with Crippen molar-refractivity contribution >= 4 is 5.91 Å². The Kier molecular flexibility index (Phi) is 5.51. The molecule has 0 aliphatic rings. The Balaban J connectivity index is 1.98. The fourth-order valence-corrected chi connectivity index (χ4v) is 2.15. The molecule has 0 bridgehead atoms. The molecule has 5 heteroatoms. The zero-order chi connectivity index (χ0) is 15.1. The van der Waals surface area contributed by atoms with Crippen LogP contribution in [0.5, 0.6) is 0 Å². The fraction of sp³-hybridized carbons (Fsp3) is 0.375. The number of carbonyl (C=O) groups is 1. The highest BCUT2D eigenvalue weighted by Crippen LogP contribution is 2.10. The van der Waals surface area contributed by atoms with Crippen molar-refractivity contribution in [3.05, 3.63) is 53.3 Å². The quantitative estimate of drug-likeness (QED) is 0.760. The topological polar surface area (TPSA) is 58.9 Å². The van der Waals surface area contributed by atoms with Crippen LogP contribution >= 0.6 is 0 Å². The summed E-state index contributed by atoms with van der Waals surface area (Å²) in [7, 11) is 1.90. The lowest BCUT2D eigenvalue weighted by atomic mass is 10.2. The van der Waals surface area contributed by atoms with Gasteiger partial charge in [0.15, 0.2) is 0 Å². The maximum absolute atomic E-state index is 12.1. The summed E-state index contributed by atoms with van der Waals surface area (Å²) in [5.74, 6) is -0.0529. The Morgan fingerprint density at radius 1 is 1.24 bits per heavy atom. The van der Waals surface area contributed by atoms with E-state index in [0.717, 1.165) is 18.7 Å². The minimum absolute atomic E-state index is 0.0529. The highest BCUT2D eigenvalue weighted by molar-refractivity contribution is 5.95. The van der Waals surface area contributed by atoms with Crippen molar-refractivity contribution in [1.82, 2.24) is 20.4 Å². The van der Waals surface area contributed by atoms with Crippen molar-refractivity contribution < 1.29 is 4.79 Å². The van der Waals surface area contributed by atoms with E-state index in [1.807, 2.05) is 36.9 Å².